The number of nitrogens with one attached hydrogen (secondary N) is 1. The lowest BCUT2D eigenvalue weighted by Gasteiger charge is -2.00. The number of carbonyl (C=O) groups is 1. The van der Waals surface area contributed by atoms with Crippen LogP contribution < -0.4 is 5.32 Å². The summed E-state index contributed by atoms with van der Waals surface area (Å²) in [6.45, 7) is 1.16. The van der Waals surface area contributed by atoms with Crippen molar-refractivity contribution in [1.29, 1.82) is 0 Å². The van der Waals surface area contributed by atoms with Gasteiger partial charge >= 0.3 is 0 Å². The van der Waals surface area contributed by atoms with Gasteiger partial charge in [0.15, 0.2) is 5.76 Å². The highest BCUT2D eigenvalue weighted by Gasteiger charge is 2.23. The molecule has 0 saturated carbocycles. The molecule has 5 nitrogen and oxygen atoms in total. The number of carbonyl (C=O) groups excluding carboxylic acids is 1. The van der Waals surface area contributed by atoms with E-state index < -0.39 is 40.7 Å². The standard InChI is InChI=1S/C12H9F2NO4/c1-5(16)15-12-10(18)9(17)11(19-12)7-3-2-6(13)4-8(7)14/h2-4,17-18H,1H3,(H,15,16). The lowest BCUT2D eigenvalue weighted by Crippen LogP contribution is -2.04. The van der Waals surface area contributed by atoms with E-state index in [2.05, 4.69) is 5.32 Å². The fourth-order valence-electron chi connectivity index (χ4n) is 1.51. The molecule has 1 heterocycles. The number of rotatable bonds is 2. The number of halogens is 2. The zero-order chi connectivity index (χ0) is 14.2. The second kappa shape index (κ2) is 4.60. The van der Waals surface area contributed by atoms with Gasteiger partial charge < -0.3 is 14.6 Å². The summed E-state index contributed by atoms with van der Waals surface area (Å²) in [5.74, 6) is -4.60. The molecule has 0 spiro atoms. The Kier molecular flexibility index (Phi) is 3.12. The van der Waals surface area contributed by atoms with Gasteiger partial charge in [-0.2, -0.15) is 0 Å². The fourth-order valence-corrected chi connectivity index (χ4v) is 1.51. The van der Waals surface area contributed by atoms with Crippen LogP contribution in [0.15, 0.2) is 22.6 Å². The summed E-state index contributed by atoms with van der Waals surface area (Å²) in [7, 11) is 0. The van der Waals surface area contributed by atoms with Gasteiger partial charge in [0.25, 0.3) is 0 Å². The first kappa shape index (κ1) is 12.9. The molecule has 0 aliphatic carbocycles. The Labute approximate surface area is 106 Å². The number of amides is 1. The monoisotopic (exact) mass is 269 g/mol. The Hall–Kier alpha value is -2.57. The van der Waals surface area contributed by atoms with Crippen LogP contribution in [-0.4, -0.2) is 16.1 Å². The van der Waals surface area contributed by atoms with Crippen LogP contribution in [-0.2, 0) is 4.79 Å². The molecule has 0 bridgehead atoms. The van der Waals surface area contributed by atoms with Crippen molar-refractivity contribution in [3.05, 3.63) is 29.8 Å². The molecule has 3 N–H and O–H groups in total. The average Bonchev–Trinajstić information content (AvgIpc) is 2.57. The van der Waals surface area contributed by atoms with Gasteiger partial charge in [-0.1, -0.05) is 0 Å². The third-order valence-electron chi connectivity index (χ3n) is 2.32. The summed E-state index contributed by atoms with van der Waals surface area (Å²) in [5, 5.41) is 21.3. The van der Waals surface area contributed by atoms with Crippen molar-refractivity contribution in [3.63, 3.8) is 0 Å². The molecule has 1 amide bonds. The summed E-state index contributed by atoms with van der Waals surface area (Å²) in [5.41, 5.74) is -0.245. The number of aromatic hydroxyl groups is 2. The Bertz CT molecular complexity index is 651. The zero-order valence-electron chi connectivity index (χ0n) is 9.70. The molecule has 1 aromatic heterocycles. The maximum absolute atomic E-state index is 13.5. The summed E-state index contributed by atoms with van der Waals surface area (Å²) < 4.78 is 31.3. The quantitative estimate of drug-likeness (QED) is 0.782. The molecule has 19 heavy (non-hydrogen) atoms. The minimum Gasteiger partial charge on any atom is -0.502 e. The van der Waals surface area contributed by atoms with Crippen LogP contribution in [0.5, 0.6) is 11.5 Å². The second-order valence-electron chi connectivity index (χ2n) is 3.76. The van der Waals surface area contributed by atoms with Crippen molar-refractivity contribution in [3.8, 4) is 22.8 Å². The van der Waals surface area contributed by atoms with E-state index in [0.717, 1.165) is 19.1 Å². The van der Waals surface area contributed by atoms with Crippen LogP contribution in [0, 0.1) is 11.6 Å². The third-order valence-corrected chi connectivity index (χ3v) is 2.32. The van der Waals surface area contributed by atoms with Crippen molar-refractivity contribution < 1.29 is 28.2 Å². The van der Waals surface area contributed by atoms with Gasteiger partial charge in [-0.25, -0.2) is 8.78 Å². The number of hydrogen-bond donors (Lipinski definition) is 3. The minimum absolute atomic E-state index is 0.245. The van der Waals surface area contributed by atoms with E-state index in [4.69, 9.17) is 4.42 Å². The first-order valence-electron chi connectivity index (χ1n) is 5.18. The highest BCUT2D eigenvalue weighted by Crippen LogP contribution is 2.45. The van der Waals surface area contributed by atoms with E-state index in [1.165, 1.54) is 0 Å². The van der Waals surface area contributed by atoms with Crippen molar-refractivity contribution >= 4 is 11.8 Å². The molecule has 0 fully saturated rings. The number of benzene rings is 1. The lowest BCUT2D eigenvalue weighted by atomic mass is 10.1. The molecule has 0 aliphatic rings. The van der Waals surface area contributed by atoms with E-state index in [-0.39, 0.29) is 5.56 Å². The summed E-state index contributed by atoms with van der Waals surface area (Å²) in [4.78, 5) is 10.8. The lowest BCUT2D eigenvalue weighted by molar-refractivity contribution is -0.114. The molecule has 0 atom stereocenters. The Balaban J connectivity index is 2.53. The summed E-state index contributed by atoms with van der Waals surface area (Å²) in [6, 6.07) is 2.61. The van der Waals surface area contributed by atoms with E-state index in [0.29, 0.717) is 6.07 Å². The summed E-state index contributed by atoms with van der Waals surface area (Å²) in [6.07, 6.45) is 0. The van der Waals surface area contributed by atoms with Crippen molar-refractivity contribution in [2.24, 2.45) is 0 Å². The molecule has 0 radical (unpaired) electrons. The van der Waals surface area contributed by atoms with Crippen molar-refractivity contribution in [1.82, 2.24) is 0 Å². The number of anilines is 1. The van der Waals surface area contributed by atoms with Gasteiger partial charge in [-0.15, -0.1) is 0 Å². The normalized spacial score (nSPS) is 10.5. The number of furan rings is 1. The van der Waals surface area contributed by atoms with Crippen LogP contribution >= 0.6 is 0 Å². The Morgan fingerprint density at radius 2 is 1.95 bits per heavy atom. The number of hydrogen-bond acceptors (Lipinski definition) is 4. The maximum Gasteiger partial charge on any atom is 0.246 e. The maximum atomic E-state index is 13.5. The topological polar surface area (TPSA) is 82.7 Å². The fraction of sp³-hybridized carbons (Fsp3) is 0.0833. The van der Waals surface area contributed by atoms with Gasteiger partial charge in [-0.05, 0) is 12.1 Å². The van der Waals surface area contributed by atoms with E-state index >= 15 is 0 Å². The summed E-state index contributed by atoms with van der Waals surface area (Å²) >= 11 is 0. The largest absolute Gasteiger partial charge is 0.502 e. The van der Waals surface area contributed by atoms with Crippen molar-refractivity contribution in [2.75, 3.05) is 5.32 Å². The van der Waals surface area contributed by atoms with Gasteiger partial charge in [0.1, 0.15) is 11.6 Å². The van der Waals surface area contributed by atoms with Gasteiger partial charge in [0.2, 0.25) is 23.3 Å². The molecule has 2 aromatic rings. The Morgan fingerprint density at radius 1 is 1.26 bits per heavy atom. The third kappa shape index (κ3) is 2.35. The molecule has 0 unspecified atom stereocenters. The van der Waals surface area contributed by atoms with E-state index in [1.807, 2.05) is 0 Å². The van der Waals surface area contributed by atoms with Gasteiger partial charge in [-0.3, -0.25) is 10.1 Å². The van der Waals surface area contributed by atoms with Gasteiger partial charge in [0, 0.05) is 13.0 Å². The molecule has 0 aliphatic heterocycles. The molecule has 7 heteroatoms. The first-order chi connectivity index (χ1) is 8.90. The predicted octanol–water partition coefficient (Wildman–Crippen LogP) is 2.59. The molecule has 100 valence electrons. The second-order valence-corrected chi connectivity index (χ2v) is 3.76. The molecule has 2 rings (SSSR count). The highest BCUT2D eigenvalue weighted by atomic mass is 19.1. The molecular formula is C12H9F2NO4. The first-order valence-corrected chi connectivity index (χ1v) is 5.18. The van der Waals surface area contributed by atoms with Crippen LogP contribution in [0.2, 0.25) is 0 Å². The highest BCUT2D eigenvalue weighted by molar-refractivity contribution is 5.90. The Morgan fingerprint density at radius 3 is 2.53 bits per heavy atom. The molecular weight excluding hydrogens is 260 g/mol. The predicted molar refractivity (Wildman–Crippen MR) is 61.7 cm³/mol. The average molecular weight is 269 g/mol. The minimum atomic E-state index is -0.974. The van der Waals surface area contributed by atoms with Crippen LogP contribution in [0.3, 0.4) is 0 Å². The molecule has 1 aromatic carbocycles. The zero-order valence-corrected chi connectivity index (χ0v) is 9.70. The molecule has 0 saturated heterocycles. The smallest absolute Gasteiger partial charge is 0.246 e. The van der Waals surface area contributed by atoms with Crippen LogP contribution in [0.1, 0.15) is 6.92 Å². The van der Waals surface area contributed by atoms with Crippen molar-refractivity contribution in [2.45, 2.75) is 6.92 Å². The van der Waals surface area contributed by atoms with Gasteiger partial charge in [0.05, 0.1) is 5.56 Å². The van der Waals surface area contributed by atoms with Crippen LogP contribution in [0.4, 0.5) is 14.7 Å². The van der Waals surface area contributed by atoms with Crippen LogP contribution in [0.25, 0.3) is 11.3 Å². The van der Waals surface area contributed by atoms with E-state index in [1.54, 1.807) is 0 Å². The SMILES string of the molecule is CC(=O)Nc1oc(-c2ccc(F)cc2F)c(O)c1O. The van der Waals surface area contributed by atoms with E-state index in [9.17, 15) is 23.8 Å².